The van der Waals surface area contributed by atoms with E-state index in [1.54, 1.807) is 37.3 Å². The van der Waals surface area contributed by atoms with Crippen molar-refractivity contribution in [1.82, 2.24) is 5.32 Å². The van der Waals surface area contributed by atoms with Crippen molar-refractivity contribution < 1.29 is 28.9 Å². The zero-order chi connectivity index (χ0) is 22.0. The second-order valence-electron chi connectivity index (χ2n) is 8.91. The lowest BCUT2D eigenvalue weighted by molar-refractivity contribution is -0.126. The molecular weight excluding hydrogens is 400 g/mol. The molecule has 3 atom stereocenters. The summed E-state index contributed by atoms with van der Waals surface area (Å²) >= 11 is 0. The van der Waals surface area contributed by atoms with Crippen LogP contribution in [0.3, 0.4) is 0 Å². The molecule has 2 saturated heterocycles. The standard InChI is InChI=1S/C23H32N2O6/c1-29-17-3-4-19(30-2)18(12-17)25-14-16(11-20(25)26)22(28)24-13-15-5-6-23(21(15)27)7-9-31-10-8-23/h3-4,12,15-16,21,27H,5-11,13-14H2,1-2H3,(H,24,28)/t15-,16-,21-/m1/s1. The van der Waals surface area contributed by atoms with Gasteiger partial charge in [0.25, 0.3) is 0 Å². The number of ether oxygens (including phenoxy) is 3. The number of nitrogens with one attached hydrogen (secondary N) is 1. The van der Waals surface area contributed by atoms with Crippen LogP contribution in [0.25, 0.3) is 0 Å². The minimum atomic E-state index is -0.431. The van der Waals surface area contributed by atoms with E-state index in [0.29, 0.717) is 43.5 Å². The fraction of sp³-hybridized carbons (Fsp3) is 0.652. The average molecular weight is 433 g/mol. The first-order chi connectivity index (χ1) is 15.0. The number of aliphatic hydroxyl groups excluding tert-OH is 1. The molecule has 1 aromatic carbocycles. The molecule has 2 amide bonds. The first kappa shape index (κ1) is 21.9. The van der Waals surface area contributed by atoms with E-state index >= 15 is 0 Å². The summed E-state index contributed by atoms with van der Waals surface area (Å²) in [5.74, 6) is 0.541. The first-order valence-electron chi connectivity index (χ1n) is 11.0. The van der Waals surface area contributed by atoms with E-state index in [1.165, 1.54) is 0 Å². The summed E-state index contributed by atoms with van der Waals surface area (Å²) in [4.78, 5) is 27.1. The molecule has 1 aliphatic carbocycles. The van der Waals surface area contributed by atoms with E-state index in [2.05, 4.69) is 5.32 Å². The van der Waals surface area contributed by atoms with Crippen LogP contribution in [0.1, 0.15) is 32.1 Å². The average Bonchev–Trinajstić information content (AvgIpc) is 3.32. The van der Waals surface area contributed by atoms with Gasteiger partial charge in [-0.05, 0) is 37.8 Å². The van der Waals surface area contributed by atoms with Crippen LogP contribution >= 0.6 is 0 Å². The van der Waals surface area contributed by atoms with Crippen molar-refractivity contribution in [1.29, 1.82) is 0 Å². The molecule has 2 N–H and O–H groups in total. The summed E-state index contributed by atoms with van der Waals surface area (Å²) in [6.45, 7) is 2.13. The Morgan fingerprint density at radius 2 is 2.03 bits per heavy atom. The van der Waals surface area contributed by atoms with Crippen molar-refractivity contribution in [3.8, 4) is 11.5 Å². The third-order valence-electron chi connectivity index (χ3n) is 7.29. The number of benzene rings is 1. The summed E-state index contributed by atoms with van der Waals surface area (Å²) < 4.78 is 16.1. The summed E-state index contributed by atoms with van der Waals surface area (Å²) in [5.41, 5.74) is 0.547. The molecule has 3 aliphatic rings. The molecule has 2 heterocycles. The molecule has 170 valence electrons. The van der Waals surface area contributed by atoms with Gasteiger partial charge in [-0.1, -0.05) is 0 Å². The van der Waals surface area contributed by atoms with E-state index in [0.717, 1.165) is 25.7 Å². The van der Waals surface area contributed by atoms with Crippen molar-refractivity contribution in [2.45, 2.75) is 38.2 Å². The second kappa shape index (κ2) is 9.04. The van der Waals surface area contributed by atoms with Crippen molar-refractivity contribution in [3.63, 3.8) is 0 Å². The Kier molecular flexibility index (Phi) is 6.39. The van der Waals surface area contributed by atoms with Crippen molar-refractivity contribution >= 4 is 17.5 Å². The molecule has 0 bridgehead atoms. The summed E-state index contributed by atoms with van der Waals surface area (Å²) in [5, 5.41) is 13.9. The van der Waals surface area contributed by atoms with Crippen LogP contribution in [0.2, 0.25) is 0 Å². The lowest BCUT2D eigenvalue weighted by atomic mass is 9.76. The molecule has 8 heteroatoms. The van der Waals surface area contributed by atoms with Gasteiger partial charge in [-0.3, -0.25) is 9.59 Å². The van der Waals surface area contributed by atoms with Crippen LogP contribution in [0.15, 0.2) is 18.2 Å². The van der Waals surface area contributed by atoms with Crippen LogP contribution in [0.5, 0.6) is 11.5 Å². The number of nitrogens with zero attached hydrogens (tertiary/aromatic N) is 1. The fourth-order valence-corrected chi connectivity index (χ4v) is 5.32. The SMILES string of the molecule is COc1ccc(OC)c(N2C[C@H](C(=O)NC[C@H]3CCC4(CCOCC4)[C@@H]3O)CC2=O)c1. The molecule has 1 spiro atoms. The number of amides is 2. The van der Waals surface area contributed by atoms with Gasteiger partial charge >= 0.3 is 0 Å². The Bertz CT molecular complexity index is 822. The molecule has 4 rings (SSSR count). The minimum absolute atomic E-state index is 0.0498. The molecule has 3 fully saturated rings. The maximum atomic E-state index is 12.8. The molecular formula is C23H32N2O6. The van der Waals surface area contributed by atoms with Gasteiger partial charge in [0.2, 0.25) is 11.8 Å². The number of carbonyl (C=O) groups is 2. The zero-order valence-electron chi connectivity index (χ0n) is 18.3. The monoisotopic (exact) mass is 432 g/mol. The van der Waals surface area contributed by atoms with Gasteiger partial charge in [0.1, 0.15) is 11.5 Å². The number of methoxy groups -OCH3 is 2. The molecule has 0 unspecified atom stereocenters. The largest absolute Gasteiger partial charge is 0.497 e. The highest BCUT2D eigenvalue weighted by Gasteiger charge is 2.48. The van der Waals surface area contributed by atoms with Crippen LogP contribution < -0.4 is 19.7 Å². The highest BCUT2D eigenvalue weighted by Crippen LogP contribution is 2.48. The number of aliphatic hydroxyl groups is 1. The van der Waals surface area contributed by atoms with Gasteiger partial charge < -0.3 is 29.5 Å². The smallest absolute Gasteiger partial charge is 0.227 e. The molecule has 2 aliphatic heterocycles. The van der Waals surface area contributed by atoms with Gasteiger partial charge in [0.15, 0.2) is 0 Å². The number of anilines is 1. The number of rotatable bonds is 6. The van der Waals surface area contributed by atoms with Crippen molar-refractivity contribution in [2.75, 3.05) is 45.4 Å². The fourth-order valence-electron chi connectivity index (χ4n) is 5.32. The van der Waals surface area contributed by atoms with Crippen LogP contribution in [-0.4, -0.2) is 63.5 Å². The number of hydrogen-bond acceptors (Lipinski definition) is 6. The molecule has 0 aromatic heterocycles. The quantitative estimate of drug-likeness (QED) is 0.711. The third kappa shape index (κ3) is 4.23. The number of hydrogen-bond donors (Lipinski definition) is 2. The predicted molar refractivity (Wildman–Crippen MR) is 114 cm³/mol. The molecule has 31 heavy (non-hydrogen) atoms. The van der Waals surface area contributed by atoms with E-state index in [4.69, 9.17) is 14.2 Å². The van der Waals surface area contributed by atoms with Crippen molar-refractivity contribution in [3.05, 3.63) is 18.2 Å². The van der Waals surface area contributed by atoms with E-state index < -0.39 is 12.0 Å². The Labute approximate surface area is 182 Å². The molecule has 1 aromatic rings. The number of carbonyl (C=O) groups excluding carboxylic acids is 2. The Hall–Kier alpha value is -2.32. The van der Waals surface area contributed by atoms with Crippen molar-refractivity contribution in [2.24, 2.45) is 17.3 Å². The maximum Gasteiger partial charge on any atom is 0.227 e. The highest BCUT2D eigenvalue weighted by atomic mass is 16.5. The van der Waals surface area contributed by atoms with Gasteiger partial charge in [-0.15, -0.1) is 0 Å². The zero-order valence-corrected chi connectivity index (χ0v) is 18.3. The summed E-state index contributed by atoms with van der Waals surface area (Å²) in [6, 6.07) is 5.27. The lowest BCUT2D eigenvalue weighted by Gasteiger charge is -2.37. The van der Waals surface area contributed by atoms with Gasteiger partial charge in [-0.2, -0.15) is 0 Å². The van der Waals surface area contributed by atoms with Crippen LogP contribution in [-0.2, 0) is 14.3 Å². The van der Waals surface area contributed by atoms with E-state index in [1.807, 2.05) is 0 Å². The van der Waals surface area contributed by atoms with Gasteiger partial charge in [0.05, 0.1) is 31.9 Å². The Morgan fingerprint density at radius 3 is 2.74 bits per heavy atom. The third-order valence-corrected chi connectivity index (χ3v) is 7.29. The minimum Gasteiger partial charge on any atom is -0.497 e. The van der Waals surface area contributed by atoms with E-state index in [-0.39, 0.29) is 29.6 Å². The predicted octanol–water partition coefficient (Wildman–Crippen LogP) is 1.74. The lowest BCUT2D eigenvalue weighted by Crippen LogP contribution is -2.43. The van der Waals surface area contributed by atoms with Gasteiger partial charge in [0, 0.05) is 50.1 Å². The Balaban J connectivity index is 1.36. The topological polar surface area (TPSA) is 97.3 Å². The Morgan fingerprint density at radius 1 is 1.26 bits per heavy atom. The molecule has 0 radical (unpaired) electrons. The van der Waals surface area contributed by atoms with Gasteiger partial charge in [-0.25, -0.2) is 0 Å². The normalized spacial score (nSPS) is 27.5. The molecule has 8 nitrogen and oxygen atoms in total. The molecule has 1 saturated carbocycles. The van der Waals surface area contributed by atoms with Crippen LogP contribution in [0.4, 0.5) is 5.69 Å². The first-order valence-corrected chi connectivity index (χ1v) is 11.0. The summed E-state index contributed by atoms with van der Waals surface area (Å²) in [7, 11) is 3.11. The van der Waals surface area contributed by atoms with E-state index in [9.17, 15) is 14.7 Å². The second-order valence-corrected chi connectivity index (χ2v) is 8.91. The summed E-state index contributed by atoms with van der Waals surface area (Å²) in [6.07, 6.45) is 3.38. The van der Waals surface area contributed by atoms with Crippen LogP contribution in [0, 0.1) is 17.3 Å². The maximum absolute atomic E-state index is 12.8. The highest BCUT2D eigenvalue weighted by molar-refractivity contribution is 6.01.